The minimum atomic E-state index is -3.78. The zero-order chi connectivity index (χ0) is 15.9. The minimum absolute atomic E-state index is 0.00620. The summed E-state index contributed by atoms with van der Waals surface area (Å²) in [6.07, 6.45) is 3.37. The van der Waals surface area contributed by atoms with Gasteiger partial charge in [0.1, 0.15) is 10.7 Å². The molecular formula is C12H19BrN4O3S. The van der Waals surface area contributed by atoms with Crippen LogP contribution in [0.4, 0.5) is 5.82 Å². The number of nitrogen functional groups attached to an aromatic ring is 1. The molecule has 0 radical (unpaired) electrons. The lowest BCUT2D eigenvalue weighted by Gasteiger charge is -2.09. The Morgan fingerprint density at radius 2 is 2.14 bits per heavy atom. The normalized spacial score (nSPS) is 11.3. The molecule has 0 saturated carbocycles. The van der Waals surface area contributed by atoms with Crippen molar-refractivity contribution in [2.45, 2.75) is 31.1 Å². The Kier molecular flexibility index (Phi) is 7.06. The van der Waals surface area contributed by atoms with E-state index in [-0.39, 0.29) is 29.6 Å². The summed E-state index contributed by atoms with van der Waals surface area (Å²) in [5, 5.41) is 2.71. The van der Waals surface area contributed by atoms with Crippen molar-refractivity contribution in [1.29, 1.82) is 0 Å². The third kappa shape index (κ3) is 5.98. The molecule has 1 aromatic rings. The standard InChI is InChI=1S/C12H19BrN4O3S/c1-2-3-5-15-11(18)4-6-17-21(19,20)10-7-9(13)8-16-12(10)14/h7-8,17H,2-6H2,1H3,(H2,14,16)(H,15,18). The van der Waals surface area contributed by atoms with Crippen molar-refractivity contribution >= 4 is 37.7 Å². The number of halogens is 1. The van der Waals surface area contributed by atoms with E-state index < -0.39 is 10.0 Å². The van der Waals surface area contributed by atoms with Gasteiger partial charge in [-0.2, -0.15) is 0 Å². The Labute approximate surface area is 132 Å². The van der Waals surface area contributed by atoms with Gasteiger partial charge in [0, 0.05) is 30.2 Å². The highest BCUT2D eigenvalue weighted by atomic mass is 79.9. The van der Waals surface area contributed by atoms with Gasteiger partial charge in [-0.25, -0.2) is 18.1 Å². The van der Waals surface area contributed by atoms with Crippen molar-refractivity contribution in [3.8, 4) is 0 Å². The lowest BCUT2D eigenvalue weighted by molar-refractivity contribution is -0.120. The van der Waals surface area contributed by atoms with Crippen LogP contribution in [0.25, 0.3) is 0 Å². The molecule has 0 bridgehead atoms. The Morgan fingerprint density at radius 1 is 1.43 bits per heavy atom. The smallest absolute Gasteiger partial charge is 0.244 e. The first kappa shape index (κ1) is 17.9. The fourth-order valence-electron chi connectivity index (χ4n) is 1.52. The molecule has 0 fully saturated rings. The molecule has 0 saturated heterocycles. The van der Waals surface area contributed by atoms with Gasteiger partial charge in [-0.15, -0.1) is 0 Å². The van der Waals surface area contributed by atoms with E-state index in [1.165, 1.54) is 12.3 Å². The van der Waals surface area contributed by atoms with E-state index in [2.05, 4.69) is 31.0 Å². The van der Waals surface area contributed by atoms with Gasteiger partial charge in [-0.05, 0) is 28.4 Å². The maximum Gasteiger partial charge on any atom is 0.244 e. The number of nitrogens with two attached hydrogens (primary N) is 1. The number of nitrogens with one attached hydrogen (secondary N) is 2. The first-order valence-electron chi connectivity index (χ1n) is 6.54. The zero-order valence-electron chi connectivity index (χ0n) is 11.7. The Balaban J connectivity index is 2.54. The highest BCUT2D eigenvalue weighted by Crippen LogP contribution is 2.20. The fourth-order valence-corrected chi connectivity index (χ4v) is 3.14. The van der Waals surface area contributed by atoms with Crippen LogP contribution in [0.3, 0.4) is 0 Å². The molecule has 1 aromatic heterocycles. The van der Waals surface area contributed by atoms with Crippen LogP contribution < -0.4 is 15.8 Å². The molecule has 9 heteroatoms. The number of carbonyl (C=O) groups is 1. The molecule has 0 aliphatic heterocycles. The zero-order valence-corrected chi connectivity index (χ0v) is 14.1. The molecular weight excluding hydrogens is 360 g/mol. The van der Waals surface area contributed by atoms with E-state index in [1.54, 1.807) is 0 Å². The molecule has 0 aliphatic carbocycles. The third-order valence-corrected chi connectivity index (χ3v) is 4.56. The molecule has 1 rings (SSSR count). The van der Waals surface area contributed by atoms with Crippen molar-refractivity contribution in [2.75, 3.05) is 18.8 Å². The molecule has 1 heterocycles. The summed E-state index contributed by atoms with van der Waals surface area (Å²) in [7, 11) is -3.78. The van der Waals surface area contributed by atoms with Crippen LogP contribution in [0.1, 0.15) is 26.2 Å². The van der Waals surface area contributed by atoms with Gasteiger partial charge in [-0.3, -0.25) is 4.79 Å². The SMILES string of the molecule is CCCCNC(=O)CCNS(=O)(=O)c1cc(Br)cnc1N. The number of anilines is 1. The number of carbonyl (C=O) groups excluding carboxylic acids is 1. The summed E-state index contributed by atoms with van der Waals surface area (Å²) in [5.41, 5.74) is 5.56. The second-order valence-electron chi connectivity index (χ2n) is 4.39. The van der Waals surface area contributed by atoms with Crippen molar-refractivity contribution in [3.63, 3.8) is 0 Å². The number of hydrogen-bond donors (Lipinski definition) is 3. The first-order valence-corrected chi connectivity index (χ1v) is 8.82. The van der Waals surface area contributed by atoms with Gasteiger partial charge in [0.25, 0.3) is 0 Å². The monoisotopic (exact) mass is 378 g/mol. The number of unbranched alkanes of at least 4 members (excludes halogenated alkanes) is 1. The first-order chi connectivity index (χ1) is 9.86. The van der Waals surface area contributed by atoms with Crippen LogP contribution in [0.5, 0.6) is 0 Å². The average Bonchev–Trinajstić information content (AvgIpc) is 2.41. The summed E-state index contributed by atoms with van der Waals surface area (Å²) in [5.74, 6) is -0.274. The van der Waals surface area contributed by atoms with E-state index in [1.807, 2.05) is 6.92 Å². The van der Waals surface area contributed by atoms with Gasteiger partial charge in [0.15, 0.2) is 0 Å². The van der Waals surface area contributed by atoms with Gasteiger partial charge in [0.05, 0.1) is 0 Å². The lowest BCUT2D eigenvalue weighted by atomic mass is 10.3. The van der Waals surface area contributed by atoms with Crippen LogP contribution >= 0.6 is 15.9 Å². The van der Waals surface area contributed by atoms with Gasteiger partial charge in [-0.1, -0.05) is 13.3 Å². The van der Waals surface area contributed by atoms with E-state index in [9.17, 15) is 13.2 Å². The Morgan fingerprint density at radius 3 is 2.81 bits per heavy atom. The van der Waals surface area contributed by atoms with Gasteiger partial charge < -0.3 is 11.1 Å². The van der Waals surface area contributed by atoms with E-state index in [0.29, 0.717) is 11.0 Å². The molecule has 0 atom stereocenters. The third-order valence-electron chi connectivity index (χ3n) is 2.63. The number of nitrogens with zero attached hydrogens (tertiary/aromatic N) is 1. The molecule has 118 valence electrons. The van der Waals surface area contributed by atoms with Crippen LogP contribution in [0, 0.1) is 0 Å². The average molecular weight is 379 g/mol. The molecule has 0 aliphatic rings. The van der Waals surface area contributed by atoms with Crippen LogP contribution in [-0.4, -0.2) is 32.4 Å². The quantitative estimate of drug-likeness (QED) is 0.584. The minimum Gasteiger partial charge on any atom is -0.383 e. The molecule has 0 aromatic carbocycles. The van der Waals surface area contributed by atoms with Crippen LogP contribution in [0.2, 0.25) is 0 Å². The predicted octanol–water partition coefficient (Wildman–Crippen LogP) is 1.01. The van der Waals surface area contributed by atoms with Crippen LogP contribution in [0.15, 0.2) is 21.6 Å². The number of pyridine rings is 1. The number of aromatic nitrogens is 1. The maximum atomic E-state index is 12.1. The summed E-state index contributed by atoms with van der Waals surface area (Å²) in [6, 6.07) is 1.37. The number of hydrogen-bond acceptors (Lipinski definition) is 5. The number of amides is 1. The summed E-state index contributed by atoms with van der Waals surface area (Å²) >= 11 is 3.14. The maximum absolute atomic E-state index is 12.1. The highest BCUT2D eigenvalue weighted by Gasteiger charge is 2.18. The molecule has 1 amide bonds. The van der Waals surface area contributed by atoms with Gasteiger partial charge in [0.2, 0.25) is 15.9 Å². The van der Waals surface area contributed by atoms with Crippen LogP contribution in [-0.2, 0) is 14.8 Å². The topological polar surface area (TPSA) is 114 Å². The number of sulfonamides is 1. The molecule has 4 N–H and O–H groups in total. The summed E-state index contributed by atoms with van der Waals surface area (Å²) in [6.45, 7) is 2.63. The van der Waals surface area contributed by atoms with Crippen molar-refractivity contribution in [3.05, 3.63) is 16.7 Å². The predicted molar refractivity (Wildman–Crippen MR) is 84.1 cm³/mol. The Bertz CT molecular complexity index is 592. The molecule has 7 nitrogen and oxygen atoms in total. The highest BCUT2D eigenvalue weighted by molar-refractivity contribution is 9.10. The summed E-state index contributed by atoms with van der Waals surface area (Å²) < 4.78 is 27.0. The lowest BCUT2D eigenvalue weighted by Crippen LogP contribution is -2.31. The van der Waals surface area contributed by atoms with Gasteiger partial charge >= 0.3 is 0 Å². The largest absolute Gasteiger partial charge is 0.383 e. The molecule has 0 spiro atoms. The molecule has 0 unspecified atom stereocenters. The van der Waals surface area contributed by atoms with Crippen molar-refractivity contribution in [2.24, 2.45) is 0 Å². The molecule has 21 heavy (non-hydrogen) atoms. The second kappa shape index (κ2) is 8.30. The number of rotatable bonds is 8. The van der Waals surface area contributed by atoms with E-state index >= 15 is 0 Å². The summed E-state index contributed by atoms with van der Waals surface area (Å²) in [4.78, 5) is 15.1. The Hall–Kier alpha value is -1.19. The van der Waals surface area contributed by atoms with E-state index in [0.717, 1.165) is 12.8 Å². The van der Waals surface area contributed by atoms with Crippen molar-refractivity contribution < 1.29 is 13.2 Å². The second-order valence-corrected chi connectivity index (χ2v) is 7.04. The fraction of sp³-hybridized carbons (Fsp3) is 0.500. The van der Waals surface area contributed by atoms with E-state index in [4.69, 9.17) is 5.73 Å². The van der Waals surface area contributed by atoms with Crippen molar-refractivity contribution in [1.82, 2.24) is 15.0 Å².